The summed E-state index contributed by atoms with van der Waals surface area (Å²) in [5, 5.41) is 47.1. The third-order valence-corrected chi connectivity index (χ3v) is 10.1. The van der Waals surface area contributed by atoms with Gasteiger partial charge in [0.05, 0.1) is 24.2 Å². The van der Waals surface area contributed by atoms with Crippen molar-refractivity contribution in [2.24, 2.45) is 34.0 Å². The van der Waals surface area contributed by atoms with Gasteiger partial charge in [-0.1, -0.05) is 13.8 Å². The Morgan fingerprint density at radius 1 is 1.06 bits per heavy atom. The van der Waals surface area contributed by atoms with E-state index in [0.717, 1.165) is 0 Å². The Labute approximate surface area is 193 Å². The molecule has 6 aliphatic rings. The lowest BCUT2D eigenvalue weighted by Crippen LogP contribution is -2.84. The quantitative estimate of drug-likeness (QED) is 0.436. The summed E-state index contributed by atoms with van der Waals surface area (Å²) in [6.07, 6.45) is -0.839. The van der Waals surface area contributed by atoms with Crippen molar-refractivity contribution in [3.05, 3.63) is 0 Å². The van der Waals surface area contributed by atoms with Gasteiger partial charge in [0.15, 0.2) is 6.10 Å². The van der Waals surface area contributed by atoms with Gasteiger partial charge in [-0.25, -0.2) is 0 Å². The lowest BCUT2D eigenvalue weighted by atomic mass is 9.36. The van der Waals surface area contributed by atoms with Crippen molar-refractivity contribution in [2.45, 2.75) is 89.5 Å². The first-order valence-electron chi connectivity index (χ1n) is 12.0. The average Bonchev–Trinajstić information content (AvgIpc) is 2.90. The molecule has 10 atom stereocenters. The van der Waals surface area contributed by atoms with Gasteiger partial charge in [-0.3, -0.25) is 9.59 Å². The molecule has 4 aliphatic carbocycles. The number of fused-ring (bicyclic) bond motifs is 2. The van der Waals surface area contributed by atoms with Crippen LogP contribution in [-0.4, -0.2) is 75.3 Å². The smallest absolute Gasteiger partial charge is 0.303 e. The van der Waals surface area contributed by atoms with Gasteiger partial charge in [0.25, 0.3) is 0 Å². The molecule has 10 unspecified atom stereocenters. The predicted molar refractivity (Wildman–Crippen MR) is 112 cm³/mol. The highest BCUT2D eigenvalue weighted by Crippen LogP contribution is 2.78. The number of aliphatic hydroxyl groups excluding tert-OH is 2. The lowest BCUT2D eigenvalue weighted by Gasteiger charge is -2.75. The molecule has 4 N–H and O–H groups in total. The molecule has 2 saturated heterocycles. The molecular formula is C24H36O9. The average molecular weight is 469 g/mol. The molecule has 4 saturated carbocycles. The maximum absolute atomic E-state index is 12.3. The fourth-order valence-corrected chi connectivity index (χ4v) is 8.99. The van der Waals surface area contributed by atoms with E-state index in [4.69, 9.17) is 14.2 Å². The Morgan fingerprint density at radius 3 is 2.39 bits per heavy atom. The molecule has 0 aromatic carbocycles. The minimum Gasteiger partial charge on any atom is -0.463 e. The van der Waals surface area contributed by atoms with Crippen LogP contribution in [0.4, 0.5) is 0 Å². The monoisotopic (exact) mass is 468 g/mol. The third kappa shape index (κ3) is 2.60. The first-order chi connectivity index (χ1) is 15.3. The van der Waals surface area contributed by atoms with Crippen LogP contribution in [0.25, 0.3) is 0 Å². The molecular weight excluding hydrogens is 432 g/mol. The van der Waals surface area contributed by atoms with Crippen molar-refractivity contribution < 1.29 is 44.2 Å². The van der Waals surface area contributed by atoms with Gasteiger partial charge >= 0.3 is 11.9 Å². The Bertz CT molecular complexity index is 874. The van der Waals surface area contributed by atoms with E-state index in [1.165, 1.54) is 13.8 Å². The van der Waals surface area contributed by atoms with Crippen LogP contribution in [0.3, 0.4) is 0 Å². The van der Waals surface area contributed by atoms with Crippen LogP contribution in [0.15, 0.2) is 0 Å². The van der Waals surface area contributed by atoms with Crippen LogP contribution >= 0.6 is 0 Å². The minimum absolute atomic E-state index is 0.0860. The Balaban J connectivity index is 1.70. The number of aliphatic hydroxyl groups is 4. The van der Waals surface area contributed by atoms with E-state index in [2.05, 4.69) is 13.8 Å². The summed E-state index contributed by atoms with van der Waals surface area (Å²) < 4.78 is 17.0. The lowest BCUT2D eigenvalue weighted by molar-refractivity contribution is -0.468. The number of carbonyl (C=O) groups is 2. The van der Waals surface area contributed by atoms with Crippen LogP contribution in [0.5, 0.6) is 0 Å². The first-order valence-corrected chi connectivity index (χ1v) is 12.0. The molecule has 2 aliphatic heterocycles. The van der Waals surface area contributed by atoms with Crippen molar-refractivity contribution in [2.75, 3.05) is 13.2 Å². The summed E-state index contributed by atoms with van der Waals surface area (Å²) in [5.41, 5.74) is -4.38. The van der Waals surface area contributed by atoms with Crippen LogP contribution < -0.4 is 0 Å². The second-order valence-electron chi connectivity index (χ2n) is 11.9. The zero-order valence-electron chi connectivity index (χ0n) is 19.7. The van der Waals surface area contributed by atoms with Gasteiger partial charge in [0.2, 0.25) is 5.79 Å². The molecule has 2 heterocycles. The fraction of sp³-hybridized carbons (Fsp3) is 0.917. The molecule has 0 radical (unpaired) electrons. The van der Waals surface area contributed by atoms with E-state index < -0.39 is 70.9 Å². The van der Waals surface area contributed by atoms with Crippen molar-refractivity contribution in [3.8, 4) is 0 Å². The van der Waals surface area contributed by atoms with E-state index in [1.54, 1.807) is 0 Å². The largest absolute Gasteiger partial charge is 0.463 e. The minimum atomic E-state index is -2.05. The van der Waals surface area contributed by atoms with Crippen LogP contribution in [0.1, 0.15) is 59.8 Å². The Hall–Kier alpha value is -1.26. The van der Waals surface area contributed by atoms with Crippen molar-refractivity contribution in [1.29, 1.82) is 0 Å². The number of ether oxygens (including phenoxy) is 3. The number of carbonyl (C=O) groups excluding carboxylic acids is 2. The molecule has 0 amide bonds. The van der Waals surface area contributed by atoms with Crippen LogP contribution in [0.2, 0.25) is 0 Å². The van der Waals surface area contributed by atoms with Crippen molar-refractivity contribution in [3.63, 3.8) is 0 Å². The molecule has 6 rings (SSSR count). The van der Waals surface area contributed by atoms with Gasteiger partial charge in [0, 0.05) is 25.2 Å². The van der Waals surface area contributed by atoms with E-state index in [-0.39, 0.29) is 24.4 Å². The number of esters is 2. The van der Waals surface area contributed by atoms with Crippen LogP contribution in [0, 0.1) is 34.0 Å². The molecule has 9 heteroatoms. The summed E-state index contributed by atoms with van der Waals surface area (Å²) in [4.78, 5) is 23.7. The van der Waals surface area contributed by atoms with E-state index >= 15 is 0 Å². The number of hydrogen-bond donors (Lipinski definition) is 4. The highest BCUT2D eigenvalue weighted by atomic mass is 16.7. The van der Waals surface area contributed by atoms with Crippen molar-refractivity contribution in [1.82, 2.24) is 0 Å². The van der Waals surface area contributed by atoms with E-state index in [9.17, 15) is 30.0 Å². The highest BCUT2D eigenvalue weighted by Gasteiger charge is 2.87. The number of hydrogen-bond acceptors (Lipinski definition) is 9. The molecule has 2 spiro atoms. The molecule has 6 fully saturated rings. The summed E-state index contributed by atoms with van der Waals surface area (Å²) in [7, 11) is 0. The first kappa shape index (κ1) is 23.5. The second kappa shape index (κ2) is 6.91. The maximum atomic E-state index is 12.3. The normalized spacial score (nSPS) is 53.7. The highest BCUT2D eigenvalue weighted by molar-refractivity contribution is 5.66. The molecule has 0 aromatic heterocycles. The number of rotatable bonds is 3. The zero-order chi connectivity index (χ0) is 24.2. The molecule has 4 bridgehead atoms. The van der Waals surface area contributed by atoms with E-state index in [0.29, 0.717) is 25.7 Å². The Morgan fingerprint density at radius 2 is 1.76 bits per heavy atom. The molecule has 186 valence electrons. The standard InChI is InChI=1S/C24H36O9/c1-12(25)31-11-23(29)14-5-6-15-21-10-32-24(30,22(15,9-14)19(23)28)18(33-13(2)26)17(21)20(3,4)8-7-16(21)27/h14-19,27-30H,5-11H2,1-4H3. The van der Waals surface area contributed by atoms with Gasteiger partial charge in [0.1, 0.15) is 12.2 Å². The summed E-state index contributed by atoms with van der Waals surface area (Å²) in [6.45, 7) is 6.31. The van der Waals surface area contributed by atoms with Crippen molar-refractivity contribution >= 4 is 11.9 Å². The summed E-state index contributed by atoms with van der Waals surface area (Å²) >= 11 is 0. The SMILES string of the molecule is CC(=O)OCC1(O)C2CCC3C45COC(O)(C(OC(C)=O)C4C(C)(C)CCC5O)C3(C2)C1O. The predicted octanol–water partition coefficient (Wildman–Crippen LogP) is 0.505. The van der Waals surface area contributed by atoms with Gasteiger partial charge in [-0.05, 0) is 49.4 Å². The fourth-order valence-electron chi connectivity index (χ4n) is 8.99. The van der Waals surface area contributed by atoms with Gasteiger partial charge in [-0.2, -0.15) is 0 Å². The van der Waals surface area contributed by atoms with E-state index in [1.807, 2.05) is 0 Å². The van der Waals surface area contributed by atoms with Gasteiger partial charge in [-0.15, -0.1) is 0 Å². The second-order valence-corrected chi connectivity index (χ2v) is 11.9. The topological polar surface area (TPSA) is 143 Å². The summed E-state index contributed by atoms with van der Waals surface area (Å²) in [5.74, 6) is -4.42. The van der Waals surface area contributed by atoms with Gasteiger partial charge < -0.3 is 34.6 Å². The molecule has 0 aromatic rings. The zero-order valence-corrected chi connectivity index (χ0v) is 19.7. The molecule has 33 heavy (non-hydrogen) atoms. The third-order valence-electron chi connectivity index (χ3n) is 10.1. The molecule has 9 nitrogen and oxygen atoms in total. The van der Waals surface area contributed by atoms with Crippen LogP contribution in [-0.2, 0) is 23.8 Å². The Kier molecular flexibility index (Phi) is 4.91. The summed E-state index contributed by atoms with van der Waals surface area (Å²) in [6, 6.07) is 0. The maximum Gasteiger partial charge on any atom is 0.303 e.